The third kappa shape index (κ3) is 3.50. The van der Waals surface area contributed by atoms with Crippen molar-refractivity contribution in [3.63, 3.8) is 0 Å². The number of carbonyl (C=O) groups is 1. The van der Waals surface area contributed by atoms with Gasteiger partial charge in [-0.1, -0.05) is 12.1 Å². The second-order valence-electron chi connectivity index (χ2n) is 7.34. The van der Waals surface area contributed by atoms with E-state index in [2.05, 4.69) is 15.5 Å². The van der Waals surface area contributed by atoms with Crippen LogP contribution in [0.2, 0.25) is 0 Å². The number of aromatic nitrogens is 2. The lowest BCUT2D eigenvalue weighted by atomic mass is 9.90. The lowest BCUT2D eigenvalue weighted by Crippen LogP contribution is -2.23. The highest BCUT2D eigenvalue weighted by atomic mass is 16.3. The zero-order valence-electron chi connectivity index (χ0n) is 16.1. The van der Waals surface area contributed by atoms with Crippen LogP contribution in [0.25, 0.3) is 0 Å². The number of carbonyl (C=O) groups excluding carboxylic acids is 1. The number of amides is 1. The second-order valence-corrected chi connectivity index (χ2v) is 7.34. The first-order valence-corrected chi connectivity index (χ1v) is 9.57. The van der Waals surface area contributed by atoms with Crippen molar-refractivity contribution in [3.05, 3.63) is 80.2 Å². The number of H-pyrrole nitrogens is 1. The van der Waals surface area contributed by atoms with Gasteiger partial charge in [0.05, 0.1) is 17.5 Å². The molecule has 1 aromatic carbocycles. The van der Waals surface area contributed by atoms with Crippen molar-refractivity contribution in [2.24, 2.45) is 0 Å². The zero-order chi connectivity index (χ0) is 19.7. The zero-order valence-corrected chi connectivity index (χ0v) is 16.1. The quantitative estimate of drug-likeness (QED) is 0.726. The van der Waals surface area contributed by atoms with E-state index in [-0.39, 0.29) is 11.5 Å². The molecule has 0 spiro atoms. The molecule has 2 N–H and O–H groups in total. The first-order chi connectivity index (χ1) is 13.5. The van der Waals surface area contributed by atoms with Gasteiger partial charge in [-0.2, -0.15) is 5.10 Å². The van der Waals surface area contributed by atoms with Crippen LogP contribution in [-0.4, -0.2) is 16.1 Å². The molecule has 0 atom stereocenters. The van der Waals surface area contributed by atoms with E-state index in [1.807, 2.05) is 31.2 Å². The molecule has 28 heavy (non-hydrogen) atoms. The van der Waals surface area contributed by atoms with Crippen molar-refractivity contribution in [1.82, 2.24) is 10.2 Å². The van der Waals surface area contributed by atoms with Gasteiger partial charge in [0.15, 0.2) is 0 Å². The van der Waals surface area contributed by atoms with Crippen LogP contribution in [0, 0.1) is 13.8 Å². The number of hydrogen-bond acceptors (Lipinski definition) is 4. The maximum atomic E-state index is 12.6. The molecule has 3 aromatic rings. The van der Waals surface area contributed by atoms with Gasteiger partial charge < -0.3 is 9.73 Å². The van der Waals surface area contributed by atoms with E-state index >= 15 is 0 Å². The number of nitrogens with one attached hydrogen (secondary N) is 2. The lowest BCUT2D eigenvalue weighted by molar-refractivity contribution is 0.102. The Morgan fingerprint density at radius 1 is 1.21 bits per heavy atom. The van der Waals surface area contributed by atoms with E-state index in [4.69, 9.17) is 4.42 Å². The molecule has 2 heterocycles. The Morgan fingerprint density at radius 2 is 2.00 bits per heavy atom. The molecule has 0 radical (unpaired) electrons. The molecule has 0 unspecified atom stereocenters. The molecule has 2 aromatic heterocycles. The number of nitrogens with zero attached hydrogens (tertiary/aromatic N) is 1. The van der Waals surface area contributed by atoms with E-state index in [1.165, 1.54) is 0 Å². The molecule has 6 heteroatoms. The number of hydrogen-bond donors (Lipinski definition) is 2. The summed E-state index contributed by atoms with van der Waals surface area (Å²) in [7, 11) is 0. The molecular weight excluding hydrogens is 354 g/mol. The molecule has 144 valence electrons. The fraction of sp³-hybridized carbons (Fsp3) is 0.318. The second kappa shape index (κ2) is 7.46. The van der Waals surface area contributed by atoms with Crippen molar-refractivity contribution < 1.29 is 9.21 Å². The number of anilines is 1. The number of furan rings is 1. The van der Waals surface area contributed by atoms with E-state index in [0.29, 0.717) is 17.7 Å². The highest BCUT2D eigenvalue weighted by Gasteiger charge is 2.19. The average molecular weight is 377 g/mol. The number of rotatable bonds is 4. The summed E-state index contributed by atoms with van der Waals surface area (Å²) in [5.74, 6) is 0.427. The number of fused-ring (bicyclic) bond motifs is 1. The smallest absolute Gasteiger partial charge is 0.267 e. The molecule has 1 aliphatic rings. The van der Waals surface area contributed by atoms with Gasteiger partial charge in [0.2, 0.25) is 0 Å². The van der Waals surface area contributed by atoms with Crippen molar-refractivity contribution in [3.8, 4) is 0 Å². The number of aromatic amines is 1. The van der Waals surface area contributed by atoms with Crippen LogP contribution >= 0.6 is 0 Å². The summed E-state index contributed by atoms with van der Waals surface area (Å²) in [6.07, 6.45) is 6.06. The summed E-state index contributed by atoms with van der Waals surface area (Å²) in [4.78, 5) is 24.6. The molecule has 0 fully saturated rings. The summed E-state index contributed by atoms with van der Waals surface area (Å²) in [5.41, 5.74) is 5.97. The molecule has 1 amide bonds. The van der Waals surface area contributed by atoms with Crippen LogP contribution in [0.3, 0.4) is 0 Å². The van der Waals surface area contributed by atoms with Gasteiger partial charge in [-0.05, 0) is 62.8 Å². The molecule has 0 aliphatic heterocycles. The Balaban J connectivity index is 1.57. The van der Waals surface area contributed by atoms with Crippen molar-refractivity contribution in [1.29, 1.82) is 0 Å². The first kappa shape index (κ1) is 18.2. The van der Waals surface area contributed by atoms with Crippen LogP contribution in [0.4, 0.5) is 5.69 Å². The average Bonchev–Trinajstić information content (AvgIpc) is 3.03. The Labute approximate surface area is 163 Å². The van der Waals surface area contributed by atoms with Gasteiger partial charge >= 0.3 is 0 Å². The van der Waals surface area contributed by atoms with Gasteiger partial charge in [0, 0.05) is 23.2 Å². The Bertz CT molecular complexity index is 1080. The van der Waals surface area contributed by atoms with Crippen LogP contribution < -0.4 is 10.9 Å². The standard InChI is InChI=1S/C22H23N3O3/c1-13-12-28-14(2)20(13)22(27)23-16-7-5-6-15(10-16)11-19-17-8-3-4-9-18(17)21(26)25-24-19/h5-7,10,12H,3-4,8-9,11H2,1-2H3,(H,23,27)(H,25,26). The molecular formula is C22H23N3O3. The van der Waals surface area contributed by atoms with Crippen LogP contribution in [0.5, 0.6) is 0 Å². The summed E-state index contributed by atoms with van der Waals surface area (Å²) < 4.78 is 5.32. The monoisotopic (exact) mass is 377 g/mol. The Morgan fingerprint density at radius 3 is 2.75 bits per heavy atom. The Kier molecular flexibility index (Phi) is 4.86. The third-order valence-corrected chi connectivity index (χ3v) is 5.33. The van der Waals surface area contributed by atoms with Crippen LogP contribution in [-0.2, 0) is 19.3 Å². The highest BCUT2D eigenvalue weighted by molar-refractivity contribution is 6.05. The van der Waals surface area contributed by atoms with Crippen LogP contribution in [0.15, 0.2) is 39.7 Å². The first-order valence-electron chi connectivity index (χ1n) is 9.57. The lowest BCUT2D eigenvalue weighted by Gasteiger charge is -2.17. The van der Waals surface area contributed by atoms with Crippen molar-refractivity contribution >= 4 is 11.6 Å². The van der Waals surface area contributed by atoms with Gasteiger partial charge in [-0.25, -0.2) is 5.10 Å². The fourth-order valence-corrected chi connectivity index (χ4v) is 3.93. The number of benzene rings is 1. The maximum absolute atomic E-state index is 12.6. The van der Waals surface area contributed by atoms with Crippen molar-refractivity contribution in [2.75, 3.05) is 5.32 Å². The van der Waals surface area contributed by atoms with Crippen molar-refractivity contribution in [2.45, 2.75) is 46.0 Å². The third-order valence-electron chi connectivity index (χ3n) is 5.33. The van der Waals surface area contributed by atoms with E-state index < -0.39 is 0 Å². The fourth-order valence-electron chi connectivity index (χ4n) is 3.93. The molecule has 0 saturated carbocycles. The topological polar surface area (TPSA) is 88.0 Å². The minimum atomic E-state index is -0.180. The predicted octanol–water partition coefficient (Wildman–Crippen LogP) is 3.70. The normalized spacial score (nSPS) is 13.2. The summed E-state index contributed by atoms with van der Waals surface area (Å²) in [5, 5.41) is 9.89. The van der Waals surface area contributed by atoms with E-state index in [9.17, 15) is 9.59 Å². The van der Waals surface area contributed by atoms with Gasteiger partial charge in [-0.3, -0.25) is 9.59 Å². The largest absolute Gasteiger partial charge is 0.469 e. The molecule has 0 saturated heterocycles. The highest BCUT2D eigenvalue weighted by Crippen LogP contribution is 2.23. The molecule has 4 rings (SSSR count). The van der Waals surface area contributed by atoms with Gasteiger partial charge in [-0.15, -0.1) is 0 Å². The summed E-state index contributed by atoms with van der Waals surface area (Å²) >= 11 is 0. The SMILES string of the molecule is Cc1coc(C)c1C(=O)Nc1cccc(Cc2n[nH]c(=O)c3c2CCCC3)c1. The Hall–Kier alpha value is -3.15. The summed E-state index contributed by atoms with van der Waals surface area (Å²) in [6.45, 7) is 3.64. The molecule has 0 bridgehead atoms. The minimum Gasteiger partial charge on any atom is -0.469 e. The minimum absolute atomic E-state index is 0.0645. The van der Waals surface area contributed by atoms with Gasteiger partial charge in [0.1, 0.15) is 5.76 Å². The van der Waals surface area contributed by atoms with E-state index in [0.717, 1.165) is 59.3 Å². The predicted molar refractivity (Wildman–Crippen MR) is 107 cm³/mol. The van der Waals surface area contributed by atoms with Crippen LogP contribution in [0.1, 0.15) is 56.9 Å². The molecule has 6 nitrogen and oxygen atoms in total. The number of aryl methyl sites for hydroxylation is 2. The molecule has 1 aliphatic carbocycles. The van der Waals surface area contributed by atoms with Gasteiger partial charge in [0.25, 0.3) is 11.5 Å². The van der Waals surface area contributed by atoms with E-state index in [1.54, 1.807) is 13.2 Å². The maximum Gasteiger partial charge on any atom is 0.267 e. The summed E-state index contributed by atoms with van der Waals surface area (Å²) in [6, 6.07) is 7.73.